The molecule has 1 unspecified atom stereocenters. The molecule has 0 bridgehead atoms. The normalized spacial score (nSPS) is 13.1. The van der Waals surface area contributed by atoms with Crippen molar-refractivity contribution < 1.29 is 9.47 Å². The third kappa shape index (κ3) is 10.0. The van der Waals surface area contributed by atoms with Crippen LogP contribution in [-0.2, 0) is 9.47 Å². The van der Waals surface area contributed by atoms with Gasteiger partial charge >= 0.3 is 0 Å². The fourth-order valence-electron chi connectivity index (χ4n) is 1.16. The highest BCUT2D eigenvalue weighted by Gasteiger charge is 1.96. The lowest BCUT2D eigenvalue weighted by atomic mass is 10.2. The van der Waals surface area contributed by atoms with Gasteiger partial charge in [-0.15, -0.1) is 0 Å². The van der Waals surface area contributed by atoms with E-state index in [4.69, 9.17) is 9.47 Å². The summed E-state index contributed by atoms with van der Waals surface area (Å²) in [7, 11) is 0. The summed E-state index contributed by atoms with van der Waals surface area (Å²) in [5, 5.41) is 0. The van der Waals surface area contributed by atoms with Crippen LogP contribution in [0.2, 0.25) is 0 Å². The van der Waals surface area contributed by atoms with Crippen LogP contribution >= 0.6 is 0 Å². The molecule has 0 aliphatic rings. The number of hydrogen-bond donors (Lipinski definition) is 0. The molecular formula is C12H26O2. The first-order valence-electron chi connectivity index (χ1n) is 6.00. The average molecular weight is 202 g/mol. The molecule has 0 fully saturated rings. The molecule has 2 heteroatoms. The molecule has 1 atom stereocenters. The summed E-state index contributed by atoms with van der Waals surface area (Å²) in [5.74, 6) is 0. The number of hydrogen-bond acceptors (Lipinski definition) is 2. The van der Waals surface area contributed by atoms with Crippen LogP contribution in [0.4, 0.5) is 0 Å². The fourth-order valence-corrected chi connectivity index (χ4v) is 1.16. The van der Waals surface area contributed by atoms with Gasteiger partial charge in [0, 0.05) is 6.61 Å². The largest absolute Gasteiger partial charge is 0.379 e. The molecule has 14 heavy (non-hydrogen) atoms. The highest BCUT2D eigenvalue weighted by molar-refractivity contribution is 4.44. The maximum atomic E-state index is 5.49. The molecule has 0 heterocycles. The van der Waals surface area contributed by atoms with E-state index in [9.17, 15) is 0 Å². The fraction of sp³-hybridized carbons (Fsp3) is 1.00. The lowest BCUT2D eigenvalue weighted by Crippen LogP contribution is -2.12. The lowest BCUT2D eigenvalue weighted by molar-refractivity contribution is 0.0103. The van der Waals surface area contributed by atoms with E-state index in [0.717, 1.165) is 26.2 Å². The maximum Gasteiger partial charge on any atom is 0.0704 e. The second-order valence-electron chi connectivity index (χ2n) is 3.76. The van der Waals surface area contributed by atoms with E-state index in [2.05, 4.69) is 20.8 Å². The Balaban J connectivity index is 2.92. The van der Waals surface area contributed by atoms with Gasteiger partial charge in [-0.05, 0) is 19.8 Å². The molecule has 0 spiro atoms. The van der Waals surface area contributed by atoms with Gasteiger partial charge in [0.25, 0.3) is 0 Å². The van der Waals surface area contributed by atoms with Gasteiger partial charge < -0.3 is 9.47 Å². The molecule has 0 saturated heterocycles. The third-order valence-corrected chi connectivity index (χ3v) is 2.35. The van der Waals surface area contributed by atoms with Crippen LogP contribution in [0.25, 0.3) is 0 Å². The first-order chi connectivity index (χ1) is 6.81. The van der Waals surface area contributed by atoms with Gasteiger partial charge in [0.15, 0.2) is 0 Å². The van der Waals surface area contributed by atoms with Crippen LogP contribution < -0.4 is 0 Å². The van der Waals surface area contributed by atoms with Gasteiger partial charge in [-0.2, -0.15) is 0 Å². The van der Waals surface area contributed by atoms with Crippen molar-refractivity contribution in [2.75, 3.05) is 19.8 Å². The van der Waals surface area contributed by atoms with Gasteiger partial charge in [0.2, 0.25) is 0 Å². The Morgan fingerprint density at radius 1 is 0.929 bits per heavy atom. The summed E-state index contributed by atoms with van der Waals surface area (Å²) >= 11 is 0. The van der Waals surface area contributed by atoms with E-state index >= 15 is 0 Å². The van der Waals surface area contributed by atoms with E-state index in [0.29, 0.717) is 6.10 Å². The van der Waals surface area contributed by atoms with Crippen molar-refractivity contribution in [2.24, 2.45) is 0 Å². The minimum atomic E-state index is 0.374. The topological polar surface area (TPSA) is 18.5 Å². The summed E-state index contributed by atoms with van der Waals surface area (Å²) in [4.78, 5) is 0. The Morgan fingerprint density at radius 2 is 1.71 bits per heavy atom. The van der Waals surface area contributed by atoms with Gasteiger partial charge in [0.05, 0.1) is 19.3 Å². The van der Waals surface area contributed by atoms with Crippen molar-refractivity contribution in [2.45, 2.75) is 59.0 Å². The first-order valence-corrected chi connectivity index (χ1v) is 6.00. The van der Waals surface area contributed by atoms with Crippen LogP contribution in [0, 0.1) is 0 Å². The zero-order valence-electron chi connectivity index (χ0n) is 10.1. The molecule has 0 amide bonds. The van der Waals surface area contributed by atoms with Crippen LogP contribution in [0.15, 0.2) is 0 Å². The summed E-state index contributed by atoms with van der Waals surface area (Å²) in [6.07, 6.45) is 6.55. The summed E-state index contributed by atoms with van der Waals surface area (Å²) in [5.41, 5.74) is 0. The van der Waals surface area contributed by atoms with Gasteiger partial charge in [0.1, 0.15) is 0 Å². The minimum absolute atomic E-state index is 0.374. The molecule has 0 aromatic rings. The molecule has 0 aliphatic carbocycles. The smallest absolute Gasteiger partial charge is 0.0704 e. The highest BCUT2D eigenvalue weighted by atomic mass is 16.5. The van der Waals surface area contributed by atoms with E-state index in [1.165, 1.54) is 25.7 Å². The van der Waals surface area contributed by atoms with Crippen molar-refractivity contribution >= 4 is 0 Å². The average Bonchev–Trinajstić information content (AvgIpc) is 2.21. The first kappa shape index (κ1) is 13.9. The summed E-state index contributed by atoms with van der Waals surface area (Å²) in [6, 6.07) is 0. The zero-order chi connectivity index (χ0) is 10.6. The number of rotatable bonds is 10. The standard InChI is InChI=1S/C12H26O2/c1-4-6-7-8-9-13-10-11-14-12(3)5-2/h12H,4-11H2,1-3H3. The predicted molar refractivity (Wildman–Crippen MR) is 60.7 cm³/mol. The van der Waals surface area contributed by atoms with Crippen molar-refractivity contribution in [3.8, 4) is 0 Å². The van der Waals surface area contributed by atoms with Gasteiger partial charge in [-0.25, -0.2) is 0 Å². The van der Waals surface area contributed by atoms with E-state index in [1.807, 2.05) is 0 Å². The molecular weight excluding hydrogens is 176 g/mol. The van der Waals surface area contributed by atoms with Crippen molar-refractivity contribution in [3.63, 3.8) is 0 Å². The Hall–Kier alpha value is -0.0800. The quantitative estimate of drug-likeness (QED) is 0.505. The minimum Gasteiger partial charge on any atom is -0.379 e. The summed E-state index contributed by atoms with van der Waals surface area (Å²) < 4.78 is 10.9. The van der Waals surface area contributed by atoms with E-state index in [-0.39, 0.29) is 0 Å². The molecule has 0 radical (unpaired) electrons. The zero-order valence-corrected chi connectivity index (χ0v) is 10.1. The maximum absolute atomic E-state index is 5.49. The van der Waals surface area contributed by atoms with Crippen molar-refractivity contribution in [1.82, 2.24) is 0 Å². The molecule has 0 aromatic heterocycles. The van der Waals surface area contributed by atoms with E-state index < -0.39 is 0 Å². The van der Waals surface area contributed by atoms with Crippen LogP contribution in [-0.4, -0.2) is 25.9 Å². The van der Waals surface area contributed by atoms with Crippen molar-refractivity contribution in [1.29, 1.82) is 0 Å². The monoisotopic (exact) mass is 202 g/mol. The molecule has 2 nitrogen and oxygen atoms in total. The van der Waals surface area contributed by atoms with Crippen LogP contribution in [0.5, 0.6) is 0 Å². The van der Waals surface area contributed by atoms with Gasteiger partial charge in [-0.3, -0.25) is 0 Å². The number of unbranched alkanes of at least 4 members (excludes halogenated alkanes) is 3. The van der Waals surface area contributed by atoms with E-state index in [1.54, 1.807) is 0 Å². The molecule has 0 aromatic carbocycles. The van der Waals surface area contributed by atoms with Crippen LogP contribution in [0.3, 0.4) is 0 Å². The molecule has 0 rings (SSSR count). The lowest BCUT2D eigenvalue weighted by Gasteiger charge is -2.10. The summed E-state index contributed by atoms with van der Waals surface area (Å²) in [6.45, 7) is 8.83. The molecule has 0 aliphatic heterocycles. The molecule has 0 N–H and O–H groups in total. The Kier molecular flexibility index (Phi) is 10.9. The third-order valence-electron chi connectivity index (χ3n) is 2.35. The second kappa shape index (κ2) is 11.0. The molecule has 86 valence electrons. The predicted octanol–water partition coefficient (Wildman–Crippen LogP) is 3.40. The number of ether oxygens (including phenoxy) is 2. The Labute approximate surface area is 89.0 Å². The second-order valence-corrected chi connectivity index (χ2v) is 3.76. The van der Waals surface area contributed by atoms with Crippen molar-refractivity contribution in [3.05, 3.63) is 0 Å². The SMILES string of the molecule is CCCCCCOCCOC(C)CC. The van der Waals surface area contributed by atoms with Crippen LogP contribution in [0.1, 0.15) is 52.9 Å². The van der Waals surface area contributed by atoms with Gasteiger partial charge in [-0.1, -0.05) is 33.1 Å². The Morgan fingerprint density at radius 3 is 2.36 bits per heavy atom. The Bertz CT molecular complexity index is 104. The highest BCUT2D eigenvalue weighted by Crippen LogP contribution is 1.99. The molecule has 0 saturated carbocycles.